The third kappa shape index (κ3) is 8.59. The first-order valence-corrected chi connectivity index (χ1v) is 19.8. The lowest BCUT2D eigenvalue weighted by Crippen LogP contribution is -2.39. The molecular weight excluding hydrogens is 337 g/mol. The van der Waals surface area contributed by atoms with Gasteiger partial charge in [0.1, 0.15) is 0 Å². The lowest BCUT2D eigenvalue weighted by atomic mass is 10.4. The molecule has 0 aromatic heterocycles. The minimum atomic E-state index is -1.93. The van der Waals surface area contributed by atoms with Crippen LogP contribution in [0.3, 0.4) is 0 Å². The topological polar surface area (TPSA) is 29.5 Å². The van der Waals surface area contributed by atoms with Gasteiger partial charge in [-0.15, -0.1) is 0 Å². The molecule has 126 valence electrons. The van der Waals surface area contributed by atoms with Crippen LogP contribution in [0.2, 0.25) is 63.5 Å². The fourth-order valence-corrected chi connectivity index (χ4v) is 18.6. The molecular formula is C16H34O2Si4. The zero-order chi connectivity index (χ0) is 16.8. The van der Waals surface area contributed by atoms with Crippen LogP contribution in [0.5, 0.6) is 0 Å². The summed E-state index contributed by atoms with van der Waals surface area (Å²) in [5.41, 5.74) is 0. The molecule has 0 saturated carbocycles. The molecule has 0 aliphatic carbocycles. The van der Waals surface area contributed by atoms with Crippen molar-refractivity contribution in [3.8, 4) is 0 Å². The molecule has 1 N–H and O–H groups in total. The van der Waals surface area contributed by atoms with Gasteiger partial charge >= 0.3 is 0 Å². The Hall–Kier alpha value is 0.00753. The van der Waals surface area contributed by atoms with Crippen LogP contribution in [0.25, 0.3) is 0 Å². The van der Waals surface area contributed by atoms with Gasteiger partial charge in [-0.2, -0.15) is 0 Å². The maximum atomic E-state index is 10.2. The van der Waals surface area contributed by atoms with E-state index in [1.165, 1.54) is 18.1 Å². The van der Waals surface area contributed by atoms with Crippen molar-refractivity contribution in [1.82, 2.24) is 0 Å². The van der Waals surface area contributed by atoms with Crippen molar-refractivity contribution in [2.24, 2.45) is 0 Å². The highest BCUT2D eigenvalue weighted by Gasteiger charge is 2.27. The summed E-state index contributed by atoms with van der Waals surface area (Å²) >= 11 is 0. The van der Waals surface area contributed by atoms with Crippen LogP contribution in [0.4, 0.5) is 0 Å². The first-order chi connectivity index (χ1) is 10.1. The van der Waals surface area contributed by atoms with Gasteiger partial charge in [0.15, 0.2) is 25.7 Å². The second-order valence-electron chi connectivity index (χ2n) is 7.92. The average molecular weight is 371 g/mol. The molecule has 0 amide bonds. The lowest BCUT2D eigenvalue weighted by molar-refractivity contribution is 0.551. The van der Waals surface area contributed by atoms with Gasteiger partial charge in [0.2, 0.25) is 0 Å². The Bertz CT molecular complexity index is 430. The number of hydrogen-bond donors (Lipinski definition) is 1. The highest BCUT2D eigenvalue weighted by molar-refractivity contribution is 6.81. The molecule has 0 fully saturated rings. The van der Waals surface area contributed by atoms with E-state index in [0.29, 0.717) is 0 Å². The van der Waals surface area contributed by atoms with Crippen molar-refractivity contribution in [1.29, 1.82) is 0 Å². The van der Waals surface area contributed by atoms with Gasteiger partial charge in [0.25, 0.3) is 0 Å². The maximum absolute atomic E-state index is 10.2. The molecule has 1 aromatic carbocycles. The largest absolute Gasteiger partial charge is 0.458 e. The third-order valence-electron chi connectivity index (χ3n) is 4.03. The number of hydrogen-bond acceptors (Lipinski definition) is 2. The van der Waals surface area contributed by atoms with Crippen LogP contribution in [0.15, 0.2) is 30.3 Å². The van der Waals surface area contributed by atoms with E-state index in [-0.39, 0.29) is 0 Å². The van der Waals surface area contributed by atoms with Crippen LogP contribution in [0, 0.1) is 0 Å². The predicted molar refractivity (Wildman–Crippen MR) is 110 cm³/mol. The minimum absolute atomic E-state index is 0.932. The Kier molecular flexibility index (Phi) is 7.97. The molecule has 0 spiro atoms. The number of benzene rings is 1. The smallest absolute Gasteiger partial charge is 0.182 e. The van der Waals surface area contributed by atoms with Gasteiger partial charge in [0.05, 0.1) is 8.80 Å². The normalized spacial score (nSPS) is 14.4. The van der Waals surface area contributed by atoms with Gasteiger partial charge in [-0.1, -0.05) is 47.6 Å². The summed E-state index contributed by atoms with van der Waals surface area (Å²) in [5.74, 6) is 0. The van der Waals surface area contributed by atoms with E-state index in [4.69, 9.17) is 4.12 Å². The Labute approximate surface area is 142 Å². The van der Waals surface area contributed by atoms with Crippen molar-refractivity contribution in [3.05, 3.63) is 30.3 Å². The third-order valence-corrected chi connectivity index (χ3v) is 15.9. The zero-order valence-electron chi connectivity index (χ0n) is 15.2. The minimum Gasteiger partial charge on any atom is -0.458 e. The van der Waals surface area contributed by atoms with E-state index in [0.717, 1.165) is 6.04 Å². The molecule has 22 heavy (non-hydrogen) atoms. The van der Waals surface area contributed by atoms with Crippen molar-refractivity contribution in [2.75, 3.05) is 0 Å². The summed E-state index contributed by atoms with van der Waals surface area (Å²) in [4.78, 5) is 10.2. The molecule has 1 aromatic rings. The summed E-state index contributed by atoms with van der Waals surface area (Å²) in [6.07, 6.45) is 0. The van der Waals surface area contributed by atoms with Gasteiger partial charge in [-0.05, 0) is 51.4 Å². The fraction of sp³-hybridized carbons (Fsp3) is 0.625. The quantitative estimate of drug-likeness (QED) is 0.674. The number of rotatable bonds is 9. The highest BCUT2D eigenvalue weighted by Crippen LogP contribution is 2.21. The molecule has 0 heterocycles. The van der Waals surface area contributed by atoms with Crippen LogP contribution in [-0.2, 0) is 4.12 Å². The second-order valence-corrected chi connectivity index (χ2v) is 22.3. The molecule has 0 aliphatic rings. The predicted octanol–water partition coefficient (Wildman–Crippen LogP) is 3.52. The molecule has 6 heteroatoms. The molecule has 2 nitrogen and oxygen atoms in total. The van der Waals surface area contributed by atoms with Gasteiger partial charge in [0, 0.05) is 0 Å². The Morgan fingerprint density at radius 2 is 1.50 bits per heavy atom. The summed E-state index contributed by atoms with van der Waals surface area (Å²) in [6.45, 7) is 13.4. The molecule has 0 aliphatic heterocycles. The summed E-state index contributed by atoms with van der Waals surface area (Å²) in [5, 5.41) is 1.56. The van der Waals surface area contributed by atoms with Gasteiger partial charge in [-0.25, -0.2) is 0 Å². The lowest BCUT2D eigenvalue weighted by Gasteiger charge is -2.28. The molecule has 0 radical (unpaired) electrons. The van der Waals surface area contributed by atoms with Crippen LogP contribution in [-0.4, -0.2) is 39.3 Å². The van der Waals surface area contributed by atoms with Crippen LogP contribution >= 0.6 is 0 Å². The van der Waals surface area contributed by atoms with Crippen LogP contribution < -0.4 is 5.19 Å². The first-order valence-electron chi connectivity index (χ1n) is 8.54. The summed E-state index contributed by atoms with van der Waals surface area (Å²) < 4.78 is 6.33. The molecule has 0 bridgehead atoms. The Morgan fingerprint density at radius 3 is 2.00 bits per heavy atom. The van der Waals surface area contributed by atoms with E-state index in [2.05, 4.69) is 69.6 Å². The van der Waals surface area contributed by atoms with Crippen molar-refractivity contribution in [2.45, 2.75) is 63.5 Å². The van der Waals surface area contributed by atoms with E-state index >= 15 is 0 Å². The van der Waals surface area contributed by atoms with Gasteiger partial charge in [-0.3, -0.25) is 0 Å². The first kappa shape index (κ1) is 20.1. The van der Waals surface area contributed by atoms with Crippen molar-refractivity contribution < 1.29 is 8.91 Å². The highest BCUT2D eigenvalue weighted by atomic mass is 28.4. The van der Waals surface area contributed by atoms with E-state index in [9.17, 15) is 4.80 Å². The van der Waals surface area contributed by atoms with Gasteiger partial charge < -0.3 is 8.91 Å². The van der Waals surface area contributed by atoms with Crippen molar-refractivity contribution in [3.63, 3.8) is 0 Å². The summed E-state index contributed by atoms with van der Waals surface area (Å²) in [6, 6.07) is 15.9. The fourth-order valence-electron chi connectivity index (χ4n) is 2.95. The zero-order valence-corrected chi connectivity index (χ0v) is 19.5. The van der Waals surface area contributed by atoms with E-state index in [1.54, 1.807) is 5.19 Å². The average Bonchev–Trinajstić information content (AvgIpc) is 2.37. The van der Waals surface area contributed by atoms with Crippen LogP contribution in [0.1, 0.15) is 0 Å². The Balaban J connectivity index is 2.70. The van der Waals surface area contributed by atoms with E-state index in [1.807, 2.05) is 0 Å². The summed E-state index contributed by atoms with van der Waals surface area (Å²) in [7, 11) is -5.35. The van der Waals surface area contributed by atoms with E-state index < -0.39 is 34.5 Å². The Morgan fingerprint density at radius 1 is 0.955 bits per heavy atom. The maximum Gasteiger partial charge on any atom is 0.182 e. The monoisotopic (exact) mass is 370 g/mol. The molecule has 1 rings (SSSR count). The molecule has 1 unspecified atom stereocenters. The van der Waals surface area contributed by atoms with Crippen molar-refractivity contribution >= 4 is 39.7 Å². The standard InChI is InChI=1S/C16H34O2Si4/c1-19(2)18-22(5,6)15-13-20(12-14-21(3,4)17)16-10-8-7-9-11-16/h7-11,17,19-20H,12-15H2,1-6H3. The molecule has 1 atom stereocenters. The second kappa shape index (κ2) is 8.75. The molecule has 0 saturated heterocycles. The SMILES string of the molecule is C[SiH](C)O[Si](C)(C)CC[SiH](CC[Si](C)(C)O)c1ccccc1.